The van der Waals surface area contributed by atoms with Crippen LogP contribution in [0.2, 0.25) is 0 Å². The van der Waals surface area contributed by atoms with Crippen LogP contribution in [0.25, 0.3) is 0 Å². The zero-order valence-electron chi connectivity index (χ0n) is 10.2. The van der Waals surface area contributed by atoms with Gasteiger partial charge in [-0.05, 0) is 7.05 Å². The third-order valence-electron chi connectivity index (χ3n) is 2.90. The highest BCUT2D eigenvalue weighted by Crippen LogP contribution is 2.07. The van der Waals surface area contributed by atoms with Crippen molar-refractivity contribution in [2.24, 2.45) is 0 Å². The number of fused-ring (bicyclic) bond motifs is 1. The van der Waals surface area contributed by atoms with Gasteiger partial charge < -0.3 is 4.90 Å². The molecule has 5 heteroatoms. The smallest absolute Gasteiger partial charge is 0.275 e. The standard InChI is InChI=1S/C11H18N4O/c1-13(2)11(16)10-7-9-8-14(3)5-4-6-15(9)12-10/h7H,4-6,8H2,1-3H3/p+1. The lowest BCUT2D eigenvalue weighted by molar-refractivity contribution is -0.755. The van der Waals surface area contributed by atoms with Gasteiger partial charge in [-0.1, -0.05) is 0 Å². The lowest BCUT2D eigenvalue weighted by Crippen LogP contribution is -2.39. The minimum absolute atomic E-state index is 0.0308. The lowest BCUT2D eigenvalue weighted by atomic mass is 10.3. The number of nitrogens with one attached hydrogen (secondary N) is 1. The first kappa shape index (κ1) is 11.1. The number of amides is 1. The number of carbonyl (C=O) groups excluding carboxylic acids is 1. The molecule has 0 atom stereocenters. The first-order chi connectivity index (χ1) is 7.58. The summed E-state index contributed by atoms with van der Waals surface area (Å²) in [5.74, 6) is 0.0308. The van der Waals surface area contributed by atoms with Gasteiger partial charge in [-0.3, -0.25) is 9.69 Å². The Hall–Kier alpha value is -1.36. The van der Waals surface area contributed by atoms with Crippen LogP contribution in [0.5, 0.6) is 0 Å². The molecule has 1 aromatic rings. The predicted molar refractivity (Wildman–Crippen MR) is 60.0 cm³/mol. The quantitative estimate of drug-likeness (QED) is 0.672. The number of nitrogens with zero attached hydrogens (tertiary/aromatic N) is 3. The summed E-state index contributed by atoms with van der Waals surface area (Å²) in [6, 6.07) is 1.96. The molecule has 88 valence electrons. The van der Waals surface area contributed by atoms with Crippen LogP contribution in [0.4, 0.5) is 0 Å². The zero-order valence-corrected chi connectivity index (χ0v) is 10.2. The van der Waals surface area contributed by atoms with Gasteiger partial charge in [-0.15, -0.1) is 4.68 Å². The average molecular weight is 223 g/mol. The SMILES string of the molecule is CN1CCC[n+]2[nH]c(C(=O)N(C)C)cc2C1. The van der Waals surface area contributed by atoms with Crippen LogP contribution in [0, 0.1) is 0 Å². The summed E-state index contributed by atoms with van der Waals surface area (Å²) in [5.41, 5.74) is 1.86. The van der Waals surface area contributed by atoms with E-state index >= 15 is 0 Å². The van der Waals surface area contributed by atoms with E-state index in [4.69, 9.17) is 0 Å². The van der Waals surface area contributed by atoms with Gasteiger partial charge in [0.15, 0.2) is 12.2 Å². The van der Waals surface area contributed by atoms with Crippen molar-refractivity contribution in [3.05, 3.63) is 17.5 Å². The van der Waals surface area contributed by atoms with E-state index in [1.807, 2.05) is 6.07 Å². The third kappa shape index (κ3) is 2.09. The molecule has 0 bridgehead atoms. The molecule has 1 amide bonds. The number of aromatic nitrogens is 2. The topological polar surface area (TPSA) is 43.2 Å². The molecule has 1 aliphatic heterocycles. The molecule has 0 aromatic carbocycles. The summed E-state index contributed by atoms with van der Waals surface area (Å²) >= 11 is 0. The summed E-state index contributed by atoms with van der Waals surface area (Å²) in [4.78, 5) is 15.7. The van der Waals surface area contributed by atoms with Crippen molar-refractivity contribution in [2.45, 2.75) is 19.5 Å². The Morgan fingerprint density at radius 1 is 1.56 bits per heavy atom. The van der Waals surface area contributed by atoms with Crippen molar-refractivity contribution in [2.75, 3.05) is 27.7 Å². The van der Waals surface area contributed by atoms with Gasteiger partial charge in [0, 0.05) is 33.1 Å². The molecule has 0 saturated heterocycles. The van der Waals surface area contributed by atoms with E-state index < -0.39 is 0 Å². The molecule has 0 saturated carbocycles. The second-order valence-electron chi connectivity index (χ2n) is 4.60. The summed E-state index contributed by atoms with van der Waals surface area (Å²) in [5, 5.41) is 3.17. The fourth-order valence-electron chi connectivity index (χ4n) is 2.03. The van der Waals surface area contributed by atoms with Crippen LogP contribution >= 0.6 is 0 Å². The van der Waals surface area contributed by atoms with Crippen molar-refractivity contribution in [1.29, 1.82) is 0 Å². The highest BCUT2D eigenvalue weighted by molar-refractivity contribution is 5.91. The minimum atomic E-state index is 0.0308. The molecule has 1 aliphatic rings. The highest BCUT2D eigenvalue weighted by Gasteiger charge is 2.24. The molecule has 2 heterocycles. The number of rotatable bonds is 1. The van der Waals surface area contributed by atoms with Gasteiger partial charge in [0.1, 0.15) is 0 Å². The van der Waals surface area contributed by atoms with E-state index in [1.165, 1.54) is 5.69 Å². The van der Waals surface area contributed by atoms with Gasteiger partial charge >= 0.3 is 0 Å². The van der Waals surface area contributed by atoms with Crippen LogP contribution in [0.3, 0.4) is 0 Å². The number of hydrogen-bond donors (Lipinski definition) is 1. The molecule has 5 nitrogen and oxygen atoms in total. The van der Waals surface area contributed by atoms with Gasteiger partial charge in [-0.25, -0.2) is 0 Å². The summed E-state index contributed by atoms with van der Waals surface area (Å²) in [6.07, 6.45) is 1.12. The van der Waals surface area contributed by atoms with Gasteiger partial charge in [0.05, 0.1) is 6.54 Å². The zero-order chi connectivity index (χ0) is 11.7. The second kappa shape index (κ2) is 4.25. The van der Waals surface area contributed by atoms with Gasteiger partial charge in [-0.2, -0.15) is 5.10 Å². The van der Waals surface area contributed by atoms with Crippen LogP contribution in [-0.2, 0) is 13.1 Å². The number of carbonyl (C=O) groups is 1. The largest absolute Gasteiger partial charge is 0.343 e. The normalized spacial score (nSPS) is 16.7. The van der Waals surface area contributed by atoms with Crippen LogP contribution in [0.1, 0.15) is 22.6 Å². The van der Waals surface area contributed by atoms with E-state index in [1.54, 1.807) is 19.0 Å². The van der Waals surface area contributed by atoms with Gasteiger partial charge in [0.2, 0.25) is 5.69 Å². The summed E-state index contributed by atoms with van der Waals surface area (Å²) < 4.78 is 2.08. The van der Waals surface area contributed by atoms with Crippen LogP contribution in [0.15, 0.2) is 6.07 Å². The van der Waals surface area contributed by atoms with Crippen molar-refractivity contribution in [1.82, 2.24) is 14.9 Å². The van der Waals surface area contributed by atoms with Crippen molar-refractivity contribution in [3.63, 3.8) is 0 Å². The monoisotopic (exact) mass is 223 g/mol. The molecule has 0 spiro atoms. The van der Waals surface area contributed by atoms with Crippen molar-refractivity contribution in [3.8, 4) is 0 Å². The lowest BCUT2D eigenvalue weighted by Gasteiger charge is -2.08. The Labute approximate surface area is 95.6 Å². The Balaban J connectivity index is 2.26. The van der Waals surface area contributed by atoms with Crippen molar-refractivity contribution < 1.29 is 9.48 Å². The second-order valence-corrected chi connectivity index (χ2v) is 4.60. The number of H-pyrrole nitrogens is 1. The summed E-state index contributed by atoms with van der Waals surface area (Å²) in [7, 11) is 5.65. The minimum Gasteiger partial charge on any atom is -0.343 e. The first-order valence-corrected chi connectivity index (χ1v) is 5.60. The maximum absolute atomic E-state index is 11.8. The van der Waals surface area contributed by atoms with Gasteiger partial charge in [0.25, 0.3) is 5.91 Å². The Kier molecular flexibility index (Phi) is 2.96. The number of aryl methyl sites for hydroxylation is 1. The predicted octanol–water partition coefficient (Wildman–Crippen LogP) is -0.160. The summed E-state index contributed by atoms with van der Waals surface area (Å²) in [6.45, 7) is 2.96. The Morgan fingerprint density at radius 3 is 3.00 bits per heavy atom. The van der Waals surface area contributed by atoms with E-state index in [-0.39, 0.29) is 5.91 Å². The Bertz CT molecular complexity index is 397. The molecular formula is C11H19N4O+. The average Bonchev–Trinajstić information content (AvgIpc) is 2.52. The third-order valence-corrected chi connectivity index (χ3v) is 2.90. The molecule has 0 aliphatic carbocycles. The van der Waals surface area contributed by atoms with E-state index in [2.05, 4.69) is 21.7 Å². The van der Waals surface area contributed by atoms with Crippen LogP contribution < -0.4 is 4.68 Å². The fourth-order valence-corrected chi connectivity index (χ4v) is 2.03. The molecular weight excluding hydrogens is 204 g/mol. The maximum atomic E-state index is 11.8. The number of aromatic amines is 1. The van der Waals surface area contributed by atoms with E-state index in [0.29, 0.717) is 5.69 Å². The maximum Gasteiger partial charge on any atom is 0.275 e. The molecule has 1 aromatic heterocycles. The van der Waals surface area contributed by atoms with Crippen LogP contribution in [-0.4, -0.2) is 48.5 Å². The number of hydrogen-bond acceptors (Lipinski definition) is 2. The van der Waals surface area contributed by atoms with E-state index in [0.717, 1.165) is 26.1 Å². The molecule has 2 rings (SSSR count). The molecule has 0 unspecified atom stereocenters. The first-order valence-electron chi connectivity index (χ1n) is 5.60. The molecule has 16 heavy (non-hydrogen) atoms. The Morgan fingerprint density at radius 2 is 2.31 bits per heavy atom. The molecule has 0 radical (unpaired) electrons. The fraction of sp³-hybridized carbons (Fsp3) is 0.636. The van der Waals surface area contributed by atoms with E-state index in [9.17, 15) is 4.79 Å². The highest BCUT2D eigenvalue weighted by atomic mass is 16.2. The molecule has 1 N–H and O–H groups in total. The molecule has 0 fully saturated rings. The van der Waals surface area contributed by atoms with Crippen molar-refractivity contribution >= 4 is 5.91 Å².